The van der Waals surface area contributed by atoms with Crippen LogP contribution in [0.2, 0.25) is 0 Å². The molecule has 0 amide bonds. The molecule has 0 saturated carbocycles. The van der Waals surface area contributed by atoms with E-state index in [1.165, 1.54) is 0 Å². The molecule has 5 nitrogen and oxygen atoms in total. The summed E-state index contributed by atoms with van der Waals surface area (Å²) < 4.78 is 0. The van der Waals surface area contributed by atoms with Crippen LogP contribution in [0.5, 0.6) is 0 Å². The third kappa shape index (κ3) is 6.51. The van der Waals surface area contributed by atoms with E-state index in [2.05, 4.69) is 0 Å². The minimum Gasteiger partial charge on any atom is -0.395 e. The van der Waals surface area contributed by atoms with Gasteiger partial charge in [-0.15, -0.1) is 0 Å². The number of hydrogen-bond acceptors (Lipinski definition) is 5. The molecule has 0 aromatic rings. The lowest BCUT2D eigenvalue weighted by atomic mass is 10.4. The van der Waals surface area contributed by atoms with E-state index in [-0.39, 0.29) is 13.2 Å². The normalized spacial score (nSPS) is 11.5. The molecule has 74 valence electrons. The number of nitrogens with zero attached hydrogens (tertiary/aromatic N) is 2. The number of nitrogens with two attached hydrogens (primary N) is 1. The topological polar surface area (TPSA) is 73.0 Å². The molecule has 0 rings (SSSR count). The second-order valence-electron chi connectivity index (χ2n) is 2.77. The molecule has 0 radical (unpaired) electrons. The van der Waals surface area contributed by atoms with Crippen molar-refractivity contribution in [1.29, 1.82) is 0 Å². The van der Waals surface area contributed by atoms with Gasteiger partial charge in [-0.1, -0.05) is 0 Å². The largest absolute Gasteiger partial charge is 0.395 e. The standard InChI is InChI=1S/C7H19N3O2/c1-9(8)2-3-10(4-6-11)5-7-12/h11-12H,2-8H2,1H3. The van der Waals surface area contributed by atoms with Crippen molar-refractivity contribution in [3.8, 4) is 0 Å². The van der Waals surface area contributed by atoms with Gasteiger partial charge in [0, 0.05) is 33.2 Å². The molecule has 0 fully saturated rings. The minimum atomic E-state index is 0.119. The fraction of sp³-hybridized carbons (Fsp3) is 1.00. The second kappa shape index (κ2) is 7.45. The molecule has 5 heteroatoms. The van der Waals surface area contributed by atoms with Crippen molar-refractivity contribution in [2.24, 2.45) is 5.84 Å². The maximum absolute atomic E-state index is 8.66. The van der Waals surface area contributed by atoms with E-state index in [0.29, 0.717) is 13.1 Å². The van der Waals surface area contributed by atoms with Crippen LogP contribution in [0.25, 0.3) is 0 Å². The van der Waals surface area contributed by atoms with E-state index < -0.39 is 0 Å². The van der Waals surface area contributed by atoms with Crippen molar-refractivity contribution in [3.05, 3.63) is 0 Å². The summed E-state index contributed by atoms with van der Waals surface area (Å²) >= 11 is 0. The maximum Gasteiger partial charge on any atom is 0.0558 e. The summed E-state index contributed by atoms with van der Waals surface area (Å²) in [5.41, 5.74) is 0. The van der Waals surface area contributed by atoms with Crippen molar-refractivity contribution >= 4 is 0 Å². The Labute approximate surface area is 73.3 Å². The van der Waals surface area contributed by atoms with Gasteiger partial charge in [0.15, 0.2) is 0 Å². The average molecular weight is 177 g/mol. The molecule has 0 saturated heterocycles. The van der Waals surface area contributed by atoms with Crippen LogP contribution in [-0.4, -0.2) is 66.6 Å². The Kier molecular flexibility index (Phi) is 7.33. The molecular weight excluding hydrogens is 158 g/mol. The molecule has 0 bridgehead atoms. The third-order valence-electron chi connectivity index (χ3n) is 1.60. The predicted molar refractivity (Wildman–Crippen MR) is 47.4 cm³/mol. The fourth-order valence-corrected chi connectivity index (χ4v) is 0.917. The zero-order chi connectivity index (χ0) is 9.40. The van der Waals surface area contributed by atoms with Crippen molar-refractivity contribution in [2.75, 3.05) is 46.4 Å². The Bertz CT molecular complexity index is 94.7. The minimum absolute atomic E-state index is 0.119. The number of hydrazine groups is 1. The molecule has 0 aromatic heterocycles. The molecule has 0 aliphatic heterocycles. The molecule has 0 heterocycles. The molecule has 0 unspecified atom stereocenters. The van der Waals surface area contributed by atoms with E-state index in [0.717, 1.165) is 13.1 Å². The lowest BCUT2D eigenvalue weighted by Gasteiger charge is -2.21. The van der Waals surface area contributed by atoms with Crippen LogP contribution in [0.1, 0.15) is 0 Å². The summed E-state index contributed by atoms with van der Waals surface area (Å²) in [7, 11) is 1.79. The summed E-state index contributed by atoms with van der Waals surface area (Å²) in [5.74, 6) is 5.41. The smallest absolute Gasteiger partial charge is 0.0558 e. The molecule has 0 aliphatic rings. The Balaban J connectivity index is 3.48. The highest BCUT2D eigenvalue weighted by atomic mass is 16.3. The predicted octanol–water partition coefficient (Wildman–Crippen LogP) is -1.92. The van der Waals surface area contributed by atoms with Gasteiger partial charge in [0.05, 0.1) is 13.2 Å². The van der Waals surface area contributed by atoms with Gasteiger partial charge >= 0.3 is 0 Å². The Morgan fingerprint density at radius 2 is 1.50 bits per heavy atom. The molecule has 0 aromatic carbocycles. The number of hydrogen-bond donors (Lipinski definition) is 3. The molecule has 12 heavy (non-hydrogen) atoms. The summed E-state index contributed by atoms with van der Waals surface area (Å²) in [4.78, 5) is 1.96. The van der Waals surface area contributed by atoms with Gasteiger partial charge in [-0.3, -0.25) is 10.7 Å². The SMILES string of the molecule is CN(N)CCN(CCO)CCO. The number of rotatable bonds is 7. The van der Waals surface area contributed by atoms with Gasteiger partial charge in [-0.2, -0.15) is 0 Å². The van der Waals surface area contributed by atoms with Crippen molar-refractivity contribution < 1.29 is 10.2 Å². The van der Waals surface area contributed by atoms with Crippen molar-refractivity contribution in [2.45, 2.75) is 0 Å². The second-order valence-corrected chi connectivity index (χ2v) is 2.77. The van der Waals surface area contributed by atoms with E-state index in [9.17, 15) is 0 Å². The van der Waals surface area contributed by atoms with Gasteiger partial charge < -0.3 is 10.2 Å². The van der Waals surface area contributed by atoms with Gasteiger partial charge in [0.2, 0.25) is 0 Å². The van der Waals surface area contributed by atoms with E-state index in [1.54, 1.807) is 12.1 Å². The lowest BCUT2D eigenvalue weighted by Crippen LogP contribution is -2.39. The first-order chi connectivity index (χ1) is 5.70. The monoisotopic (exact) mass is 177 g/mol. The molecule has 4 N–H and O–H groups in total. The van der Waals surface area contributed by atoms with Gasteiger partial charge in [-0.25, -0.2) is 5.01 Å². The van der Waals surface area contributed by atoms with Crippen LogP contribution >= 0.6 is 0 Å². The molecule has 0 spiro atoms. The number of aliphatic hydroxyl groups is 2. The molecular formula is C7H19N3O2. The zero-order valence-corrected chi connectivity index (χ0v) is 7.61. The Morgan fingerprint density at radius 1 is 1.00 bits per heavy atom. The third-order valence-corrected chi connectivity index (χ3v) is 1.60. The summed E-state index contributed by atoms with van der Waals surface area (Å²) in [5, 5.41) is 18.9. The zero-order valence-electron chi connectivity index (χ0n) is 7.61. The van der Waals surface area contributed by atoms with Gasteiger partial charge in [0.25, 0.3) is 0 Å². The lowest BCUT2D eigenvalue weighted by molar-refractivity contribution is 0.148. The van der Waals surface area contributed by atoms with Crippen molar-refractivity contribution in [3.63, 3.8) is 0 Å². The first-order valence-corrected chi connectivity index (χ1v) is 4.10. The fourth-order valence-electron chi connectivity index (χ4n) is 0.917. The van der Waals surface area contributed by atoms with Crippen LogP contribution in [0.4, 0.5) is 0 Å². The van der Waals surface area contributed by atoms with Crippen LogP contribution < -0.4 is 5.84 Å². The van der Waals surface area contributed by atoms with E-state index >= 15 is 0 Å². The summed E-state index contributed by atoms with van der Waals surface area (Å²) in [6.07, 6.45) is 0. The van der Waals surface area contributed by atoms with Gasteiger partial charge in [0.1, 0.15) is 0 Å². The Morgan fingerprint density at radius 3 is 1.83 bits per heavy atom. The first kappa shape index (κ1) is 11.8. The van der Waals surface area contributed by atoms with Crippen LogP contribution in [0.3, 0.4) is 0 Å². The summed E-state index contributed by atoms with van der Waals surface area (Å²) in [6, 6.07) is 0. The van der Waals surface area contributed by atoms with Crippen molar-refractivity contribution in [1.82, 2.24) is 9.91 Å². The van der Waals surface area contributed by atoms with E-state index in [1.807, 2.05) is 4.90 Å². The average Bonchev–Trinajstić information content (AvgIpc) is 2.01. The highest BCUT2D eigenvalue weighted by molar-refractivity contribution is 4.57. The quantitative estimate of drug-likeness (QED) is 0.312. The number of likely N-dealkylation sites (N-methyl/N-ethyl adjacent to an activating group) is 1. The highest BCUT2D eigenvalue weighted by Gasteiger charge is 2.02. The van der Waals surface area contributed by atoms with Crippen LogP contribution in [0.15, 0.2) is 0 Å². The Hall–Kier alpha value is -0.200. The summed E-state index contributed by atoms with van der Waals surface area (Å²) in [6.45, 7) is 2.93. The first-order valence-electron chi connectivity index (χ1n) is 4.10. The maximum atomic E-state index is 8.66. The van der Waals surface area contributed by atoms with Gasteiger partial charge in [-0.05, 0) is 0 Å². The molecule has 0 aliphatic carbocycles. The van der Waals surface area contributed by atoms with Crippen LogP contribution in [-0.2, 0) is 0 Å². The number of aliphatic hydroxyl groups excluding tert-OH is 2. The van der Waals surface area contributed by atoms with Crippen LogP contribution in [0, 0.1) is 0 Å². The highest BCUT2D eigenvalue weighted by Crippen LogP contribution is 1.86. The van der Waals surface area contributed by atoms with E-state index in [4.69, 9.17) is 16.1 Å². The molecule has 0 atom stereocenters.